The van der Waals surface area contributed by atoms with E-state index in [9.17, 15) is 8.42 Å². The minimum Gasteiger partial charge on any atom is -0.395 e. The summed E-state index contributed by atoms with van der Waals surface area (Å²) in [5.74, 6) is 0. The van der Waals surface area contributed by atoms with E-state index >= 15 is 0 Å². The van der Waals surface area contributed by atoms with Gasteiger partial charge in [0.2, 0.25) is 10.0 Å². The first kappa shape index (κ1) is 15.8. The van der Waals surface area contributed by atoms with Crippen molar-refractivity contribution >= 4 is 10.0 Å². The topological polar surface area (TPSA) is 69.6 Å². The first-order valence-electron chi connectivity index (χ1n) is 5.60. The van der Waals surface area contributed by atoms with Crippen molar-refractivity contribution in [3.63, 3.8) is 0 Å². The lowest BCUT2D eigenvalue weighted by Gasteiger charge is -2.21. The molecule has 0 spiro atoms. The molecule has 98 valence electrons. The van der Waals surface area contributed by atoms with E-state index < -0.39 is 15.3 Å². The van der Waals surface area contributed by atoms with Crippen molar-refractivity contribution in [3.8, 4) is 0 Å². The molecule has 0 saturated carbocycles. The summed E-state index contributed by atoms with van der Waals surface area (Å²) in [5, 5.41) is 8.02. The fourth-order valence-electron chi connectivity index (χ4n) is 1.04. The van der Waals surface area contributed by atoms with E-state index in [1.807, 2.05) is 7.05 Å². The number of nitrogens with one attached hydrogen (secondary N) is 1. The predicted octanol–water partition coefficient (Wildman–Crippen LogP) is 0.0169. The summed E-state index contributed by atoms with van der Waals surface area (Å²) >= 11 is 0. The van der Waals surface area contributed by atoms with Crippen LogP contribution in [0.25, 0.3) is 0 Å². The smallest absolute Gasteiger partial charge is 0.216 e. The van der Waals surface area contributed by atoms with Gasteiger partial charge in [0.05, 0.1) is 11.9 Å². The average Bonchev–Trinajstić information content (AvgIpc) is 2.22. The molecule has 0 saturated heterocycles. The first-order valence-corrected chi connectivity index (χ1v) is 7.15. The summed E-state index contributed by atoms with van der Waals surface area (Å²) in [6.07, 6.45) is 0.770. The third kappa shape index (κ3) is 5.79. The van der Waals surface area contributed by atoms with Gasteiger partial charge in [0.1, 0.15) is 0 Å². The lowest BCUT2D eigenvalue weighted by molar-refractivity contribution is 0.271. The zero-order chi connectivity index (χ0) is 12.8. The second-order valence-corrected chi connectivity index (χ2v) is 6.54. The van der Waals surface area contributed by atoms with Crippen molar-refractivity contribution in [2.75, 3.05) is 26.7 Å². The van der Waals surface area contributed by atoms with Crippen molar-refractivity contribution in [2.24, 2.45) is 0 Å². The maximum absolute atomic E-state index is 11.5. The van der Waals surface area contributed by atoms with E-state index in [0.717, 1.165) is 13.0 Å². The third-order valence-corrected chi connectivity index (χ3v) is 4.47. The third-order valence-electron chi connectivity index (χ3n) is 2.66. The molecule has 0 rings (SSSR count). The molecule has 0 fully saturated rings. The number of sulfonamides is 1. The molecule has 16 heavy (non-hydrogen) atoms. The van der Waals surface area contributed by atoms with Gasteiger partial charge >= 0.3 is 0 Å². The predicted molar refractivity (Wildman–Crippen MR) is 65.9 cm³/mol. The second kappa shape index (κ2) is 7.21. The van der Waals surface area contributed by atoms with Crippen molar-refractivity contribution in [1.82, 2.24) is 9.62 Å². The largest absolute Gasteiger partial charge is 0.395 e. The molecule has 0 amide bonds. The molecular weight excluding hydrogens is 228 g/mol. The van der Waals surface area contributed by atoms with Crippen molar-refractivity contribution in [2.45, 2.75) is 38.5 Å². The van der Waals surface area contributed by atoms with E-state index in [4.69, 9.17) is 5.11 Å². The number of rotatable bonds is 8. The fourth-order valence-corrected chi connectivity index (χ4v) is 1.95. The number of aliphatic hydroxyl groups is 1. The Morgan fingerprint density at radius 2 is 1.88 bits per heavy atom. The molecule has 5 nitrogen and oxygen atoms in total. The van der Waals surface area contributed by atoms with Gasteiger partial charge in [-0.25, -0.2) is 13.1 Å². The minimum absolute atomic E-state index is 0.346. The van der Waals surface area contributed by atoms with E-state index in [-0.39, 0.29) is 6.61 Å². The highest BCUT2D eigenvalue weighted by Crippen LogP contribution is 1.98. The lowest BCUT2D eigenvalue weighted by Crippen LogP contribution is -2.36. The molecule has 0 aromatic rings. The van der Waals surface area contributed by atoms with Crippen LogP contribution in [-0.4, -0.2) is 56.5 Å². The molecule has 0 radical (unpaired) electrons. The van der Waals surface area contributed by atoms with Crippen LogP contribution in [0.1, 0.15) is 27.2 Å². The molecule has 0 aliphatic carbocycles. The van der Waals surface area contributed by atoms with E-state index in [1.54, 1.807) is 0 Å². The van der Waals surface area contributed by atoms with Crippen LogP contribution in [0.5, 0.6) is 0 Å². The van der Waals surface area contributed by atoms with E-state index in [0.29, 0.717) is 12.6 Å². The summed E-state index contributed by atoms with van der Waals surface area (Å²) in [4.78, 5) is 2.16. The highest BCUT2D eigenvalue weighted by molar-refractivity contribution is 7.90. The van der Waals surface area contributed by atoms with Crippen LogP contribution < -0.4 is 4.72 Å². The molecule has 0 aliphatic heterocycles. The molecule has 0 aliphatic rings. The van der Waals surface area contributed by atoms with Crippen molar-refractivity contribution in [3.05, 3.63) is 0 Å². The molecule has 1 unspecified atom stereocenters. The Labute approximate surface area is 98.9 Å². The maximum atomic E-state index is 11.5. The molecule has 0 aromatic heterocycles. The van der Waals surface area contributed by atoms with Gasteiger partial charge < -0.3 is 10.0 Å². The number of hydrogen-bond acceptors (Lipinski definition) is 4. The van der Waals surface area contributed by atoms with Crippen LogP contribution in [0.3, 0.4) is 0 Å². The van der Waals surface area contributed by atoms with Crippen molar-refractivity contribution in [1.29, 1.82) is 0 Å². The Balaban J connectivity index is 3.83. The molecule has 0 bridgehead atoms. The molecule has 0 aromatic carbocycles. The number of nitrogens with zero attached hydrogens (tertiary/aromatic N) is 1. The lowest BCUT2D eigenvalue weighted by atomic mass is 10.3. The highest BCUT2D eigenvalue weighted by atomic mass is 32.2. The van der Waals surface area contributed by atoms with Crippen LogP contribution >= 0.6 is 0 Å². The Morgan fingerprint density at radius 3 is 2.31 bits per heavy atom. The molecule has 1 atom stereocenters. The SMILES string of the molecule is CC(C)N(C)CCCNS(=O)(=O)C(C)CO. The summed E-state index contributed by atoms with van der Waals surface area (Å²) in [7, 11) is -1.34. The van der Waals surface area contributed by atoms with Gasteiger partial charge in [-0.05, 0) is 40.8 Å². The van der Waals surface area contributed by atoms with Gasteiger partial charge in [0, 0.05) is 12.6 Å². The Kier molecular flexibility index (Phi) is 7.14. The van der Waals surface area contributed by atoms with Crippen LogP contribution in [-0.2, 0) is 10.0 Å². The molecular formula is C10H24N2O3S. The van der Waals surface area contributed by atoms with E-state index in [1.165, 1.54) is 6.92 Å². The zero-order valence-corrected chi connectivity index (χ0v) is 11.4. The van der Waals surface area contributed by atoms with Gasteiger partial charge in [-0.2, -0.15) is 0 Å². The van der Waals surface area contributed by atoms with Crippen LogP contribution in [0.4, 0.5) is 0 Å². The monoisotopic (exact) mass is 252 g/mol. The normalized spacial score (nSPS) is 14.7. The number of aliphatic hydroxyl groups excluding tert-OH is 1. The summed E-state index contributed by atoms with van der Waals surface area (Å²) in [5.41, 5.74) is 0. The van der Waals surface area contributed by atoms with Crippen LogP contribution in [0.15, 0.2) is 0 Å². The fraction of sp³-hybridized carbons (Fsp3) is 1.00. The Morgan fingerprint density at radius 1 is 1.31 bits per heavy atom. The highest BCUT2D eigenvalue weighted by Gasteiger charge is 2.18. The summed E-state index contributed by atoms with van der Waals surface area (Å²) in [6.45, 7) is 6.61. The van der Waals surface area contributed by atoms with Crippen LogP contribution in [0, 0.1) is 0 Å². The quantitative estimate of drug-likeness (QED) is 0.597. The summed E-state index contributed by atoms with van der Waals surface area (Å²) < 4.78 is 25.4. The minimum atomic E-state index is -3.35. The van der Waals surface area contributed by atoms with Crippen LogP contribution in [0.2, 0.25) is 0 Å². The van der Waals surface area contributed by atoms with Gasteiger partial charge in [-0.3, -0.25) is 0 Å². The summed E-state index contributed by atoms with van der Waals surface area (Å²) in [6, 6.07) is 0.466. The van der Waals surface area contributed by atoms with Crippen molar-refractivity contribution < 1.29 is 13.5 Å². The second-order valence-electron chi connectivity index (χ2n) is 4.36. The average molecular weight is 252 g/mol. The Hall–Kier alpha value is -0.170. The molecule has 6 heteroatoms. The molecule has 0 heterocycles. The standard InChI is InChI=1S/C10H24N2O3S/c1-9(2)12(4)7-5-6-11-16(14,15)10(3)8-13/h9-11,13H,5-8H2,1-4H3. The maximum Gasteiger partial charge on any atom is 0.216 e. The van der Waals surface area contributed by atoms with Gasteiger partial charge in [-0.15, -0.1) is 0 Å². The first-order chi connectivity index (χ1) is 7.31. The number of hydrogen-bond donors (Lipinski definition) is 2. The van der Waals surface area contributed by atoms with E-state index in [2.05, 4.69) is 23.5 Å². The zero-order valence-electron chi connectivity index (χ0n) is 10.6. The van der Waals surface area contributed by atoms with Gasteiger partial charge in [0.15, 0.2) is 0 Å². The molecule has 2 N–H and O–H groups in total. The van der Waals surface area contributed by atoms with Gasteiger partial charge in [0.25, 0.3) is 0 Å². The van der Waals surface area contributed by atoms with Gasteiger partial charge in [-0.1, -0.05) is 0 Å². The Bertz CT molecular complexity index is 278.